The quantitative estimate of drug-likeness (QED) is 0.287. The number of hydrogen-bond acceptors (Lipinski definition) is 9. The summed E-state index contributed by atoms with van der Waals surface area (Å²) in [5, 5.41) is 39.7. The van der Waals surface area contributed by atoms with Crippen molar-refractivity contribution < 1.29 is 34.4 Å². The van der Waals surface area contributed by atoms with Gasteiger partial charge in [0.25, 0.3) is 13.1 Å². The van der Waals surface area contributed by atoms with Gasteiger partial charge in [-0.25, -0.2) is 0 Å². The average Bonchev–Trinajstić information content (AvgIpc) is 2.46. The molecule has 0 aliphatic rings. The summed E-state index contributed by atoms with van der Waals surface area (Å²) in [7, 11) is 0. The fourth-order valence-electron chi connectivity index (χ4n) is 1.98. The van der Waals surface area contributed by atoms with Crippen LogP contribution in [0.25, 0.3) is 0 Å². The van der Waals surface area contributed by atoms with Crippen LogP contribution >= 0.6 is 0 Å². The molecule has 0 saturated heterocycles. The maximum Gasteiger partial charge on any atom is 0.320 e. The zero-order chi connectivity index (χ0) is 19.3. The lowest BCUT2D eigenvalue weighted by Crippen LogP contribution is -2.32. The molecule has 0 bridgehead atoms. The van der Waals surface area contributed by atoms with Gasteiger partial charge in [-0.3, -0.25) is 34.6 Å². The molecule has 0 radical (unpaired) electrons. The Hall–Kier alpha value is -3.41. The number of phenolic OH excluding ortho intramolecular Hbond substituents is 1. The van der Waals surface area contributed by atoms with E-state index in [4.69, 9.17) is 10.8 Å². The summed E-state index contributed by atoms with van der Waals surface area (Å²) >= 11 is 0. The van der Waals surface area contributed by atoms with Crippen molar-refractivity contribution >= 4 is 17.5 Å². The van der Waals surface area contributed by atoms with E-state index in [0.29, 0.717) is 0 Å². The fourth-order valence-corrected chi connectivity index (χ4v) is 1.98. The number of nitrogens with zero attached hydrogens (tertiary/aromatic N) is 2. The van der Waals surface area contributed by atoms with E-state index in [-0.39, 0.29) is 12.0 Å². The lowest BCUT2D eigenvalue weighted by molar-refractivity contribution is -0.465. The van der Waals surface area contributed by atoms with Gasteiger partial charge in [-0.05, 0) is 24.1 Å². The highest BCUT2D eigenvalue weighted by molar-refractivity contribution is 6.06. The number of hydrogen-bond donors (Lipinski definition) is 3. The third-order valence-electron chi connectivity index (χ3n) is 3.09. The number of Topliss-reactive ketones (excluding diaryl/α,β-unsaturated/α-hetero) is 2. The Morgan fingerprint density at radius 1 is 1.04 bits per heavy atom. The number of carbonyl (C=O) groups is 3. The van der Waals surface area contributed by atoms with E-state index >= 15 is 0 Å². The first-order valence-electron chi connectivity index (χ1n) is 6.67. The van der Waals surface area contributed by atoms with Crippen molar-refractivity contribution in [2.75, 3.05) is 13.1 Å². The number of carboxylic acid groups (broad SMARTS) is 1. The zero-order valence-corrected chi connectivity index (χ0v) is 12.6. The maximum atomic E-state index is 11.9. The summed E-state index contributed by atoms with van der Waals surface area (Å²) in [6.07, 6.45) is -0.368. The number of nitrogens with two attached hydrogens (primary N) is 1. The van der Waals surface area contributed by atoms with E-state index in [1.807, 2.05) is 0 Å². The molecule has 0 fully saturated rings. The molecular weight excluding hydrogens is 342 g/mol. The number of carboxylic acids is 1. The van der Waals surface area contributed by atoms with Crippen molar-refractivity contribution in [1.29, 1.82) is 0 Å². The second kappa shape index (κ2) is 7.92. The third-order valence-corrected chi connectivity index (χ3v) is 3.09. The molecule has 0 aromatic heterocycles. The molecule has 4 N–H and O–H groups in total. The highest BCUT2D eigenvalue weighted by Crippen LogP contribution is 2.26. The number of carbonyl (C=O) groups excluding carboxylic acids is 2. The number of aromatic hydroxyl groups is 1. The Kier molecular flexibility index (Phi) is 6.22. The van der Waals surface area contributed by atoms with Crippen molar-refractivity contribution in [3.8, 4) is 5.75 Å². The van der Waals surface area contributed by atoms with Crippen molar-refractivity contribution in [2.45, 2.75) is 12.5 Å². The normalized spacial score (nSPS) is 11.6. The van der Waals surface area contributed by atoms with Crippen LogP contribution < -0.4 is 5.73 Å². The molecule has 1 aromatic carbocycles. The Balaban J connectivity index is 3.41. The lowest BCUT2D eigenvalue weighted by atomic mass is 9.95. The summed E-state index contributed by atoms with van der Waals surface area (Å²) in [6, 6.07) is 0.515. The van der Waals surface area contributed by atoms with Gasteiger partial charge in [0, 0.05) is 9.85 Å². The number of nitro groups is 2. The Bertz CT molecular complexity index is 710. The van der Waals surface area contributed by atoms with Crippen LogP contribution in [0.15, 0.2) is 12.1 Å². The number of ketones is 2. The first-order chi connectivity index (χ1) is 11.5. The van der Waals surface area contributed by atoms with Gasteiger partial charge in [0.2, 0.25) is 11.6 Å². The van der Waals surface area contributed by atoms with Gasteiger partial charge in [-0.1, -0.05) is 0 Å². The van der Waals surface area contributed by atoms with Crippen LogP contribution in [0.1, 0.15) is 26.3 Å². The molecule has 0 aliphatic heterocycles. The second-order valence-electron chi connectivity index (χ2n) is 5.02. The number of rotatable bonds is 9. The van der Waals surface area contributed by atoms with Crippen molar-refractivity contribution in [3.05, 3.63) is 49.1 Å². The fraction of sp³-hybridized carbons (Fsp3) is 0.308. The highest BCUT2D eigenvalue weighted by atomic mass is 16.6. The van der Waals surface area contributed by atoms with E-state index in [0.717, 1.165) is 12.1 Å². The third kappa shape index (κ3) is 5.31. The molecule has 1 rings (SSSR count). The largest absolute Gasteiger partial charge is 0.506 e. The van der Waals surface area contributed by atoms with Crippen LogP contribution in [0.5, 0.6) is 5.75 Å². The molecule has 25 heavy (non-hydrogen) atoms. The molecule has 0 aliphatic carbocycles. The van der Waals surface area contributed by atoms with Crippen LogP contribution in [-0.4, -0.2) is 56.7 Å². The molecule has 12 heteroatoms. The van der Waals surface area contributed by atoms with E-state index in [1.54, 1.807) is 0 Å². The van der Waals surface area contributed by atoms with E-state index < -0.39 is 63.4 Å². The van der Waals surface area contributed by atoms with Gasteiger partial charge in [0.05, 0.1) is 11.1 Å². The van der Waals surface area contributed by atoms with E-state index in [1.165, 1.54) is 0 Å². The van der Waals surface area contributed by atoms with Crippen molar-refractivity contribution in [1.82, 2.24) is 0 Å². The van der Waals surface area contributed by atoms with Gasteiger partial charge in [-0.15, -0.1) is 0 Å². The predicted molar refractivity (Wildman–Crippen MR) is 79.8 cm³/mol. The number of phenols is 1. The molecule has 0 heterocycles. The first-order valence-corrected chi connectivity index (χ1v) is 6.67. The van der Waals surface area contributed by atoms with Gasteiger partial charge >= 0.3 is 5.97 Å². The Labute approximate surface area is 139 Å². The molecule has 1 aromatic rings. The van der Waals surface area contributed by atoms with Crippen LogP contribution in [0.3, 0.4) is 0 Å². The molecule has 1 atom stereocenters. The Morgan fingerprint density at radius 3 is 1.76 bits per heavy atom. The van der Waals surface area contributed by atoms with E-state index in [9.17, 15) is 39.7 Å². The summed E-state index contributed by atoms with van der Waals surface area (Å²) in [5.74, 6) is -4.62. The lowest BCUT2D eigenvalue weighted by Gasteiger charge is -2.12. The van der Waals surface area contributed by atoms with Crippen LogP contribution in [-0.2, 0) is 11.2 Å². The summed E-state index contributed by atoms with van der Waals surface area (Å²) in [6.45, 7) is -2.38. The molecule has 0 spiro atoms. The summed E-state index contributed by atoms with van der Waals surface area (Å²) in [5.41, 5.74) is 4.13. The summed E-state index contributed by atoms with van der Waals surface area (Å²) < 4.78 is 0. The van der Waals surface area contributed by atoms with Crippen molar-refractivity contribution in [3.63, 3.8) is 0 Å². The van der Waals surface area contributed by atoms with E-state index in [2.05, 4.69) is 0 Å². The van der Waals surface area contributed by atoms with Crippen LogP contribution in [0.4, 0.5) is 0 Å². The topological polar surface area (TPSA) is 204 Å². The molecule has 134 valence electrons. The minimum absolute atomic E-state index is 0.00564. The second-order valence-corrected chi connectivity index (χ2v) is 5.02. The van der Waals surface area contributed by atoms with Gasteiger partial charge in [0.1, 0.15) is 11.8 Å². The molecule has 0 saturated carbocycles. The smallest absolute Gasteiger partial charge is 0.320 e. The SMILES string of the molecule is N[C@@H](Cc1cc(C(=O)C[N+](=O)[O-])c(O)c(C(=O)C[N+](=O)[O-])c1)C(=O)O. The zero-order valence-electron chi connectivity index (χ0n) is 12.6. The molecule has 12 nitrogen and oxygen atoms in total. The minimum Gasteiger partial charge on any atom is -0.506 e. The van der Waals surface area contributed by atoms with Gasteiger partial charge < -0.3 is 15.9 Å². The molecule has 0 amide bonds. The Morgan fingerprint density at radius 2 is 1.44 bits per heavy atom. The predicted octanol–water partition coefficient (Wildman–Crippen LogP) is -0.735. The van der Waals surface area contributed by atoms with Crippen LogP contribution in [0, 0.1) is 20.2 Å². The molecule has 0 unspecified atom stereocenters. The van der Waals surface area contributed by atoms with Crippen molar-refractivity contribution in [2.24, 2.45) is 5.73 Å². The standard InChI is InChI=1S/C13H13N3O9/c14-9(13(20)21)3-6-1-7(10(17)4-15(22)23)12(19)8(2-6)11(18)5-16(24)25/h1-2,9,19H,3-5,14H2,(H,20,21)/t9-/m0/s1. The number of aliphatic carboxylic acids is 1. The van der Waals surface area contributed by atoms with Gasteiger partial charge in [0.15, 0.2) is 0 Å². The number of benzene rings is 1. The first kappa shape index (κ1) is 19.6. The summed E-state index contributed by atoms with van der Waals surface area (Å²) in [4.78, 5) is 53.5. The maximum absolute atomic E-state index is 11.9. The van der Waals surface area contributed by atoms with Gasteiger partial charge in [-0.2, -0.15) is 0 Å². The monoisotopic (exact) mass is 355 g/mol. The molecular formula is C13H13N3O9. The average molecular weight is 355 g/mol. The minimum atomic E-state index is -1.42. The highest BCUT2D eigenvalue weighted by Gasteiger charge is 2.26. The van der Waals surface area contributed by atoms with Crippen LogP contribution in [0.2, 0.25) is 0 Å².